The van der Waals surface area contributed by atoms with Crippen LogP contribution >= 0.6 is 0 Å². The summed E-state index contributed by atoms with van der Waals surface area (Å²) < 4.78 is 10.6. The summed E-state index contributed by atoms with van der Waals surface area (Å²) in [6.07, 6.45) is 1.55. The number of aromatic nitrogens is 1. The molecule has 2 aromatic rings. The van der Waals surface area contributed by atoms with Gasteiger partial charge in [0.1, 0.15) is 12.4 Å². The van der Waals surface area contributed by atoms with Crippen LogP contribution in [0.5, 0.6) is 5.75 Å². The first-order valence-electron chi connectivity index (χ1n) is 6.60. The van der Waals surface area contributed by atoms with Gasteiger partial charge in [0.05, 0.1) is 12.7 Å². The highest BCUT2D eigenvalue weighted by atomic mass is 16.5. The molecule has 0 bridgehead atoms. The highest BCUT2D eigenvalue weighted by molar-refractivity contribution is 5.35. The number of aliphatic hydroxyl groups excluding tert-OH is 1. The van der Waals surface area contributed by atoms with Crippen molar-refractivity contribution < 1.29 is 14.6 Å². The molecule has 106 valence electrons. The molecule has 0 aliphatic rings. The molecule has 0 saturated carbocycles. The van der Waals surface area contributed by atoms with E-state index in [2.05, 4.69) is 4.98 Å². The Hall–Kier alpha value is -1.91. The zero-order valence-electron chi connectivity index (χ0n) is 11.5. The lowest BCUT2D eigenvalue weighted by molar-refractivity contribution is 0.138. The minimum Gasteiger partial charge on any atom is -0.491 e. The summed E-state index contributed by atoms with van der Waals surface area (Å²) in [6, 6.07) is 13.2. The van der Waals surface area contributed by atoms with Gasteiger partial charge in [-0.25, -0.2) is 0 Å². The third kappa shape index (κ3) is 4.05. The molecule has 0 fully saturated rings. The van der Waals surface area contributed by atoms with Gasteiger partial charge in [-0.1, -0.05) is 24.3 Å². The Balaban J connectivity index is 2.07. The first-order valence-corrected chi connectivity index (χ1v) is 6.60. The fourth-order valence-corrected chi connectivity index (χ4v) is 1.95. The normalized spacial score (nSPS) is 12.1. The number of rotatable bonds is 7. The summed E-state index contributed by atoms with van der Waals surface area (Å²) in [5.74, 6) is 0.688. The Morgan fingerprint density at radius 2 is 1.90 bits per heavy atom. The molecule has 4 nitrogen and oxygen atoms in total. The average Bonchev–Trinajstić information content (AvgIpc) is 2.49. The highest BCUT2D eigenvalue weighted by Crippen LogP contribution is 2.27. The lowest BCUT2D eigenvalue weighted by atomic mass is 10.0. The topological polar surface area (TPSA) is 51.6 Å². The summed E-state index contributed by atoms with van der Waals surface area (Å²) in [6.45, 7) is 0.981. The highest BCUT2D eigenvalue weighted by Gasteiger charge is 2.14. The van der Waals surface area contributed by atoms with E-state index in [1.54, 1.807) is 13.3 Å². The number of hydrogen-bond donors (Lipinski definition) is 1. The Morgan fingerprint density at radius 3 is 2.65 bits per heavy atom. The lowest BCUT2D eigenvalue weighted by Gasteiger charge is -2.15. The molecule has 0 radical (unpaired) electrons. The Morgan fingerprint density at radius 1 is 1.10 bits per heavy atom. The summed E-state index contributed by atoms with van der Waals surface area (Å²) in [4.78, 5) is 4.23. The predicted octanol–water partition coefficient (Wildman–Crippen LogP) is 2.38. The van der Waals surface area contributed by atoms with Crippen molar-refractivity contribution in [1.29, 1.82) is 0 Å². The number of hydrogen-bond acceptors (Lipinski definition) is 4. The lowest BCUT2D eigenvalue weighted by Crippen LogP contribution is -2.09. The van der Waals surface area contributed by atoms with E-state index in [-0.39, 0.29) is 0 Å². The SMILES string of the molecule is COCCOc1ccccc1C(O)Cc1ccccn1. The zero-order chi connectivity index (χ0) is 14.2. The van der Waals surface area contributed by atoms with Gasteiger partial charge < -0.3 is 14.6 Å². The van der Waals surface area contributed by atoms with E-state index in [1.165, 1.54) is 0 Å². The molecule has 1 aromatic carbocycles. The molecule has 0 saturated heterocycles. The van der Waals surface area contributed by atoms with Crippen molar-refractivity contribution in [2.45, 2.75) is 12.5 Å². The Bertz CT molecular complexity index is 516. The first-order chi connectivity index (χ1) is 9.81. The minimum absolute atomic E-state index is 0.462. The van der Waals surface area contributed by atoms with Crippen LogP contribution in [0.25, 0.3) is 0 Å². The van der Waals surface area contributed by atoms with Crippen molar-refractivity contribution in [3.8, 4) is 5.75 Å². The second kappa shape index (κ2) is 7.62. The smallest absolute Gasteiger partial charge is 0.125 e. The van der Waals surface area contributed by atoms with E-state index < -0.39 is 6.10 Å². The number of benzene rings is 1. The van der Waals surface area contributed by atoms with Gasteiger partial charge in [-0.05, 0) is 18.2 Å². The zero-order valence-corrected chi connectivity index (χ0v) is 11.5. The van der Waals surface area contributed by atoms with Crippen molar-refractivity contribution in [2.24, 2.45) is 0 Å². The molecule has 1 aromatic heterocycles. The molecular formula is C16H19NO3. The fraction of sp³-hybridized carbons (Fsp3) is 0.312. The third-order valence-corrected chi connectivity index (χ3v) is 2.95. The van der Waals surface area contributed by atoms with Gasteiger partial charge in [-0.3, -0.25) is 4.98 Å². The van der Waals surface area contributed by atoms with Gasteiger partial charge in [-0.15, -0.1) is 0 Å². The van der Waals surface area contributed by atoms with Gasteiger partial charge in [0.15, 0.2) is 0 Å². The minimum atomic E-state index is -0.636. The van der Waals surface area contributed by atoms with Crippen LogP contribution in [0.3, 0.4) is 0 Å². The van der Waals surface area contributed by atoms with Crippen LogP contribution < -0.4 is 4.74 Å². The van der Waals surface area contributed by atoms with E-state index in [4.69, 9.17) is 9.47 Å². The van der Waals surface area contributed by atoms with E-state index in [0.717, 1.165) is 11.3 Å². The monoisotopic (exact) mass is 273 g/mol. The van der Waals surface area contributed by atoms with Crippen LogP contribution in [0.15, 0.2) is 48.7 Å². The van der Waals surface area contributed by atoms with Crippen molar-refractivity contribution in [3.63, 3.8) is 0 Å². The summed E-state index contributed by atoms with van der Waals surface area (Å²) in [5, 5.41) is 10.4. The number of nitrogens with zero attached hydrogens (tertiary/aromatic N) is 1. The predicted molar refractivity (Wildman–Crippen MR) is 76.7 cm³/mol. The molecule has 1 atom stereocenters. The van der Waals surface area contributed by atoms with Crippen LogP contribution in [0.4, 0.5) is 0 Å². The van der Waals surface area contributed by atoms with Crippen LogP contribution in [0.2, 0.25) is 0 Å². The van der Waals surface area contributed by atoms with E-state index in [0.29, 0.717) is 25.4 Å². The molecule has 2 rings (SSSR count). The second-order valence-electron chi connectivity index (χ2n) is 4.42. The van der Waals surface area contributed by atoms with Crippen LogP contribution in [0, 0.1) is 0 Å². The molecule has 0 amide bonds. The quantitative estimate of drug-likeness (QED) is 0.787. The van der Waals surface area contributed by atoms with Crippen molar-refractivity contribution in [2.75, 3.05) is 20.3 Å². The standard InChI is InChI=1S/C16H19NO3/c1-19-10-11-20-16-8-3-2-7-14(16)15(18)12-13-6-4-5-9-17-13/h2-9,15,18H,10-12H2,1H3. The van der Waals surface area contributed by atoms with Crippen LogP contribution in [0.1, 0.15) is 17.4 Å². The van der Waals surface area contributed by atoms with Gasteiger partial charge in [0, 0.05) is 31.0 Å². The first kappa shape index (κ1) is 14.5. The van der Waals surface area contributed by atoms with Crippen LogP contribution in [-0.4, -0.2) is 30.4 Å². The van der Waals surface area contributed by atoms with Gasteiger partial charge in [0.2, 0.25) is 0 Å². The number of para-hydroxylation sites is 1. The van der Waals surface area contributed by atoms with Gasteiger partial charge >= 0.3 is 0 Å². The van der Waals surface area contributed by atoms with Crippen molar-refractivity contribution in [1.82, 2.24) is 4.98 Å². The van der Waals surface area contributed by atoms with E-state index in [1.807, 2.05) is 42.5 Å². The molecule has 4 heteroatoms. The van der Waals surface area contributed by atoms with Crippen LogP contribution in [-0.2, 0) is 11.2 Å². The average molecular weight is 273 g/mol. The maximum absolute atomic E-state index is 10.4. The maximum Gasteiger partial charge on any atom is 0.125 e. The van der Waals surface area contributed by atoms with Crippen molar-refractivity contribution in [3.05, 3.63) is 59.9 Å². The third-order valence-electron chi connectivity index (χ3n) is 2.95. The molecule has 1 unspecified atom stereocenters. The summed E-state index contributed by atoms with van der Waals surface area (Å²) in [7, 11) is 1.63. The van der Waals surface area contributed by atoms with Gasteiger partial charge in [0.25, 0.3) is 0 Å². The molecule has 0 spiro atoms. The molecule has 1 heterocycles. The fourth-order valence-electron chi connectivity index (χ4n) is 1.95. The van der Waals surface area contributed by atoms with E-state index >= 15 is 0 Å². The van der Waals surface area contributed by atoms with Gasteiger partial charge in [-0.2, -0.15) is 0 Å². The molecule has 1 N–H and O–H groups in total. The number of methoxy groups -OCH3 is 1. The molecular weight excluding hydrogens is 254 g/mol. The largest absolute Gasteiger partial charge is 0.491 e. The second-order valence-corrected chi connectivity index (χ2v) is 4.42. The number of pyridine rings is 1. The Labute approximate surface area is 119 Å². The summed E-state index contributed by atoms with van der Waals surface area (Å²) >= 11 is 0. The molecule has 20 heavy (non-hydrogen) atoms. The molecule has 0 aliphatic carbocycles. The maximum atomic E-state index is 10.4. The van der Waals surface area contributed by atoms with E-state index in [9.17, 15) is 5.11 Å². The Kier molecular flexibility index (Phi) is 5.53. The number of aliphatic hydroxyl groups is 1. The van der Waals surface area contributed by atoms with Crippen molar-refractivity contribution >= 4 is 0 Å². The summed E-state index contributed by atoms with van der Waals surface area (Å²) in [5.41, 5.74) is 1.63. The number of ether oxygens (including phenoxy) is 2. The molecule has 0 aliphatic heterocycles.